The van der Waals surface area contributed by atoms with Gasteiger partial charge in [0.05, 0.1) is 0 Å². The van der Waals surface area contributed by atoms with Gasteiger partial charge in [-0.25, -0.2) is 0 Å². The second kappa shape index (κ2) is 6.37. The van der Waals surface area contributed by atoms with Crippen LogP contribution >= 0.6 is 0 Å². The maximum absolute atomic E-state index is 13.8. The van der Waals surface area contributed by atoms with Crippen LogP contribution in [-0.2, 0) is 5.41 Å². The number of halogens is 3. The van der Waals surface area contributed by atoms with E-state index in [2.05, 4.69) is 45.0 Å². The Morgan fingerprint density at radius 1 is 0.889 bits per heavy atom. The number of fused-ring (bicyclic) bond motifs is 1. The Morgan fingerprint density at radius 3 is 2.00 bits per heavy atom. The molecule has 27 heavy (non-hydrogen) atoms. The smallest absolute Gasteiger partial charge is 0.177 e. The maximum atomic E-state index is 13.8. The minimum Gasteiger partial charge on any atom is -0.177 e. The Bertz CT molecular complexity index is 881. The van der Waals surface area contributed by atoms with Gasteiger partial charge in [-0.3, -0.25) is 0 Å². The van der Waals surface area contributed by atoms with Gasteiger partial charge in [0, 0.05) is 5.54 Å². The summed E-state index contributed by atoms with van der Waals surface area (Å²) in [4.78, 5) is 0. The number of rotatable bonds is 2. The number of hydrogen-bond donors (Lipinski definition) is 0. The molecule has 0 heterocycles. The highest BCUT2D eigenvalue weighted by atomic mass is 28.3. The van der Waals surface area contributed by atoms with Crippen LogP contribution in [0.1, 0.15) is 49.9 Å². The first kappa shape index (κ1) is 19.9. The van der Waals surface area contributed by atoms with Gasteiger partial charge >= 0.3 is 5.80 Å². The average molecular weight is 389 g/mol. The predicted octanol–water partition coefficient (Wildman–Crippen LogP) is 7.50. The fourth-order valence-corrected chi connectivity index (χ4v) is 6.65. The summed E-state index contributed by atoms with van der Waals surface area (Å²) in [5.41, 5.74) is 5.49. The van der Waals surface area contributed by atoms with Gasteiger partial charge in [0.25, 0.3) is 0 Å². The van der Waals surface area contributed by atoms with Crippen molar-refractivity contribution in [2.24, 2.45) is 0 Å². The Hall–Kier alpha value is -1.81. The van der Waals surface area contributed by atoms with E-state index >= 15 is 0 Å². The topological polar surface area (TPSA) is 0 Å². The standard InChI is InChI=1S/C23H27F3Si/c1-15-14-20-18(16-10-12-17(13-11-16)22(2,3)4)8-7-9-19(20)21(15)27(5,6)23(24,25)26/h7-14,21H,1-6H3. The first-order chi connectivity index (χ1) is 12.3. The fraction of sp³-hybridized carbons (Fsp3) is 0.391. The van der Waals surface area contributed by atoms with Crippen LogP contribution in [-0.4, -0.2) is 13.9 Å². The molecule has 0 N–H and O–H groups in total. The van der Waals surface area contributed by atoms with Gasteiger partial charge < -0.3 is 0 Å². The summed E-state index contributed by atoms with van der Waals surface area (Å²) in [6.45, 7) is 11.2. The zero-order valence-electron chi connectivity index (χ0n) is 16.8. The van der Waals surface area contributed by atoms with E-state index in [0.717, 1.165) is 27.8 Å². The molecule has 0 saturated heterocycles. The third-order valence-corrected chi connectivity index (χ3v) is 9.46. The largest absolute Gasteiger partial charge is 0.361 e. The lowest BCUT2D eigenvalue weighted by molar-refractivity contribution is -0.0571. The van der Waals surface area contributed by atoms with Gasteiger partial charge in [0.2, 0.25) is 0 Å². The van der Waals surface area contributed by atoms with Crippen LogP contribution in [0.25, 0.3) is 17.2 Å². The third-order valence-electron chi connectivity index (χ3n) is 5.79. The molecule has 0 amide bonds. The molecule has 1 atom stereocenters. The van der Waals surface area contributed by atoms with E-state index < -0.39 is 19.4 Å². The summed E-state index contributed by atoms with van der Waals surface area (Å²) < 4.78 is 41.3. The number of benzene rings is 2. The van der Waals surface area contributed by atoms with E-state index in [9.17, 15) is 13.2 Å². The van der Waals surface area contributed by atoms with E-state index in [0.29, 0.717) is 0 Å². The molecule has 3 rings (SSSR count). The Morgan fingerprint density at radius 2 is 1.48 bits per heavy atom. The van der Waals surface area contributed by atoms with Crippen molar-refractivity contribution in [1.29, 1.82) is 0 Å². The minimum atomic E-state index is -4.13. The average Bonchev–Trinajstić information content (AvgIpc) is 2.89. The van der Waals surface area contributed by atoms with E-state index in [1.807, 2.05) is 31.2 Å². The summed E-state index contributed by atoms with van der Waals surface area (Å²) in [5, 5.41) is 0. The molecule has 4 heteroatoms. The van der Waals surface area contributed by atoms with E-state index in [1.54, 1.807) is 0 Å². The van der Waals surface area contributed by atoms with Crippen LogP contribution in [0, 0.1) is 0 Å². The predicted molar refractivity (Wildman–Crippen MR) is 111 cm³/mol. The molecule has 1 aliphatic carbocycles. The van der Waals surface area contributed by atoms with E-state index in [-0.39, 0.29) is 5.41 Å². The Kier molecular flexibility index (Phi) is 4.70. The molecule has 0 bridgehead atoms. The highest BCUT2D eigenvalue weighted by Gasteiger charge is 2.56. The highest BCUT2D eigenvalue weighted by molar-refractivity contribution is 6.81. The van der Waals surface area contributed by atoms with Crippen LogP contribution in [0.15, 0.2) is 48.0 Å². The van der Waals surface area contributed by atoms with Gasteiger partial charge in [-0.2, -0.15) is 13.2 Å². The second-order valence-corrected chi connectivity index (χ2v) is 13.8. The SMILES string of the molecule is CC1=Cc2c(-c3ccc(C(C)(C)C)cc3)cccc2C1[Si](C)(C)C(F)(F)F. The molecule has 0 saturated carbocycles. The lowest BCUT2D eigenvalue weighted by Gasteiger charge is -2.33. The van der Waals surface area contributed by atoms with E-state index in [4.69, 9.17) is 0 Å². The van der Waals surface area contributed by atoms with Crippen molar-refractivity contribution in [3.8, 4) is 11.1 Å². The van der Waals surface area contributed by atoms with Crippen molar-refractivity contribution in [3.05, 3.63) is 64.7 Å². The monoisotopic (exact) mass is 388 g/mol. The molecule has 0 aromatic heterocycles. The van der Waals surface area contributed by atoms with Crippen molar-refractivity contribution < 1.29 is 13.2 Å². The molecule has 1 unspecified atom stereocenters. The number of alkyl halides is 3. The van der Waals surface area contributed by atoms with Gasteiger partial charge in [-0.05, 0) is 40.2 Å². The maximum Gasteiger partial charge on any atom is 0.361 e. The van der Waals surface area contributed by atoms with Gasteiger partial charge in [0.1, 0.15) is 0 Å². The normalized spacial score (nSPS) is 17.7. The highest BCUT2D eigenvalue weighted by Crippen LogP contribution is 2.49. The van der Waals surface area contributed by atoms with Crippen molar-refractivity contribution >= 4 is 14.1 Å². The van der Waals surface area contributed by atoms with E-state index in [1.165, 1.54) is 18.7 Å². The Balaban J connectivity index is 2.09. The van der Waals surface area contributed by atoms with Gasteiger partial charge in [0.15, 0.2) is 8.07 Å². The summed E-state index contributed by atoms with van der Waals surface area (Å²) >= 11 is 0. The first-order valence-corrected chi connectivity index (χ1v) is 12.4. The molecule has 0 aliphatic heterocycles. The molecule has 0 nitrogen and oxygen atoms in total. The molecule has 2 aromatic carbocycles. The van der Waals surface area contributed by atoms with Crippen LogP contribution in [0.4, 0.5) is 13.2 Å². The van der Waals surface area contributed by atoms with Crippen LogP contribution < -0.4 is 0 Å². The molecule has 0 spiro atoms. The van der Waals surface area contributed by atoms with Crippen LogP contribution in [0.2, 0.25) is 13.1 Å². The summed E-state index contributed by atoms with van der Waals surface area (Å²) in [6, 6.07) is 14.2. The lowest BCUT2D eigenvalue weighted by atomic mass is 9.86. The van der Waals surface area contributed by atoms with Crippen molar-refractivity contribution in [2.45, 2.75) is 57.5 Å². The molecule has 2 aromatic rings. The van der Waals surface area contributed by atoms with Gasteiger partial charge in [-0.1, -0.05) is 88.0 Å². The van der Waals surface area contributed by atoms with Crippen molar-refractivity contribution in [2.75, 3.05) is 0 Å². The number of hydrogen-bond acceptors (Lipinski definition) is 0. The third kappa shape index (κ3) is 3.40. The summed E-state index contributed by atoms with van der Waals surface area (Å²) in [5.74, 6) is -4.13. The van der Waals surface area contributed by atoms with Crippen LogP contribution in [0.3, 0.4) is 0 Å². The minimum absolute atomic E-state index is 0.0705. The molecular weight excluding hydrogens is 361 g/mol. The quantitative estimate of drug-likeness (QED) is 0.467. The second-order valence-electron chi connectivity index (χ2n) is 9.18. The molecular formula is C23H27F3Si. The molecule has 0 fully saturated rings. The fourth-order valence-electron chi connectivity index (χ4n) is 4.08. The van der Waals surface area contributed by atoms with Gasteiger partial charge in [-0.15, -0.1) is 0 Å². The molecule has 0 radical (unpaired) electrons. The molecule has 1 aliphatic rings. The van der Waals surface area contributed by atoms with Crippen molar-refractivity contribution in [3.63, 3.8) is 0 Å². The first-order valence-electron chi connectivity index (χ1n) is 9.33. The molecule has 144 valence electrons. The van der Waals surface area contributed by atoms with Crippen molar-refractivity contribution in [1.82, 2.24) is 0 Å². The summed E-state index contributed by atoms with van der Waals surface area (Å²) in [6.07, 6.45) is 1.97. The van der Waals surface area contributed by atoms with Crippen LogP contribution in [0.5, 0.6) is 0 Å². The zero-order valence-corrected chi connectivity index (χ0v) is 17.8. The summed E-state index contributed by atoms with van der Waals surface area (Å²) in [7, 11) is -3.51. The number of allylic oxidation sites excluding steroid dienone is 1. The Labute approximate surface area is 161 Å². The lowest BCUT2D eigenvalue weighted by Crippen LogP contribution is -2.50. The zero-order chi connectivity index (χ0) is 20.2.